The van der Waals surface area contributed by atoms with Crippen LogP contribution >= 0.6 is 0 Å². The first-order valence-electron chi connectivity index (χ1n) is 8.58. The van der Waals surface area contributed by atoms with Crippen molar-refractivity contribution >= 4 is 12.0 Å². The third-order valence-electron chi connectivity index (χ3n) is 4.98. The van der Waals surface area contributed by atoms with Crippen LogP contribution in [0.3, 0.4) is 0 Å². The second-order valence-electron chi connectivity index (χ2n) is 6.84. The number of carboxylic acid groups (broad SMARTS) is 1. The van der Waals surface area contributed by atoms with Crippen molar-refractivity contribution in [3.63, 3.8) is 0 Å². The van der Waals surface area contributed by atoms with E-state index in [-0.39, 0.29) is 30.4 Å². The van der Waals surface area contributed by atoms with Gasteiger partial charge in [-0.25, -0.2) is 9.18 Å². The Labute approximate surface area is 140 Å². The van der Waals surface area contributed by atoms with E-state index in [0.29, 0.717) is 37.2 Å². The molecule has 6 heteroatoms. The van der Waals surface area contributed by atoms with Gasteiger partial charge in [0.15, 0.2) is 0 Å². The highest BCUT2D eigenvalue weighted by molar-refractivity contribution is 5.74. The molecule has 0 radical (unpaired) electrons. The molecule has 2 saturated carbocycles. The molecule has 2 aliphatic carbocycles. The third-order valence-corrected chi connectivity index (χ3v) is 4.98. The summed E-state index contributed by atoms with van der Waals surface area (Å²) >= 11 is 0. The van der Waals surface area contributed by atoms with E-state index in [1.165, 1.54) is 0 Å². The van der Waals surface area contributed by atoms with Crippen molar-refractivity contribution in [2.45, 2.75) is 57.0 Å². The Morgan fingerprint density at radius 2 is 1.83 bits per heavy atom. The number of carboxylic acids is 1. The van der Waals surface area contributed by atoms with E-state index in [1.807, 2.05) is 6.07 Å². The molecule has 0 heterocycles. The molecule has 2 aliphatic rings. The number of aliphatic carboxylic acids is 1. The molecule has 24 heavy (non-hydrogen) atoms. The van der Waals surface area contributed by atoms with Crippen LogP contribution in [0, 0.1) is 11.7 Å². The van der Waals surface area contributed by atoms with Crippen molar-refractivity contribution in [2.75, 3.05) is 0 Å². The normalized spacial score (nSPS) is 23.5. The lowest BCUT2D eigenvalue weighted by Gasteiger charge is -2.26. The van der Waals surface area contributed by atoms with Crippen LogP contribution < -0.4 is 10.6 Å². The zero-order chi connectivity index (χ0) is 17.1. The van der Waals surface area contributed by atoms with Crippen LogP contribution in [-0.2, 0) is 11.3 Å². The molecule has 130 valence electrons. The molecule has 3 rings (SSSR count). The Balaban J connectivity index is 1.43. The van der Waals surface area contributed by atoms with Crippen molar-refractivity contribution < 1.29 is 19.1 Å². The van der Waals surface area contributed by atoms with Gasteiger partial charge in [-0.3, -0.25) is 4.79 Å². The molecule has 0 bridgehead atoms. The Bertz CT molecular complexity index is 623. The fraction of sp³-hybridized carbons (Fsp3) is 0.556. The highest BCUT2D eigenvalue weighted by atomic mass is 19.1. The van der Waals surface area contributed by atoms with Gasteiger partial charge in [-0.05, 0) is 56.1 Å². The van der Waals surface area contributed by atoms with Crippen LogP contribution in [0.5, 0.6) is 0 Å². The summed E-state index contributed by atoms with van der Waals surface area (Å²) in [6, 6.07) is 4.89. The molecule has 1 aromatic rings. The standard InChI is InChI=1S/C18H23FN2O3/c19-16-9-13(11-1-2-11)3-4-14(16)10-20-18(24)21-15-7-5-12(6-8-15)17(22)23/h3-4,9,11-12,15H,1-2,5-8,10H2,(H,22,23)(H2,20,21,24). The summed E-state index contributed by atoms with van der Waals surface area (Å²) in [6.45, 7) is 0.146. The van der Waals surface area contributed by atoms with Gasteiger partial charge >= 0.3 is 12.0 Å². The summed E-state index contributed by atoms with van der Waals surface area (Å²) in [4.78, 5) is 22.8. The number of hydrogen-bond acceptors (Lipinski definition) is 2. The maximum Gasteiger partial charge on any atom is 0.315 e. The second-order valence-corrected chi connectivity index (χ2v) is 6.84. The average Bonchev–Trinajstić information content (AvgIpc) is 3.39. The van der Waals surface area contributed by atoms with Gasteiger partial charge in [-0.2, -0.15) is 0 Å². The van der Waals surface area contributed by atoms with Gasteiger partial charge in [0, 0.05) is 18.2 Å². The van der Waals surface area contributed by atoms with Crippen molar-refractivity contribution in [2.24, 2.45) is 5.92 Å². The summed E-state index contributed by atoms with van der Waals surface area (Å²) in [7, 11) is 0. The summed E-state index contributed by atoms with van der Waals surface area (Å²) < 4.78 is 14.0. The molecular weight excluding hydrogens is 311 g/mol. The number of urea groups is 1. The van der Waals surface area contributed by atoms with Crippen molar-refractivity contribution in [3.05, 3.63) is 35.1 Å². The van der Waals surface area contributed by atoms with Crippen LogP contribution in [-0.4, -0.2) is 23.1 Å². The van der Waals surface area contributed by atoms with E-state index < -0.39 is 5.97 Å². The minimum absolute atomic E-state index is 0.0114. The fourth-order valence-electron chi connectivity index (χ4n) is 3.27. The Morgan fingerprint density at radius 3 is 2.42 bits per heavy atom. The summed E-state index contributed by atoms with van der Waals surface area (Å²) in [5, 5.41) is 14.5. The second kappa shape index (κ2) is 7.20. The number of benzene rings is 1. The van der Waals surface area contributed by atoms with Crippen molar-refractivity contribution in [1.29, 1.82) is 0 Å². The quantitative estimate of drug-likeness (QED) is 0.774. The zero-order valence-corrected chi connectivity index (χ0v) is 13.6. The smallest absolute Gasteiger partial charge is 0.315 e. The molecule has 0 saturated heterocycles. The zero-order valence-electron chi connectivity index (χ0n) is 13.6. The SMILES string of the molecule is O=C(NCc1ccc(C2CC2)cc1F)NC1CCC(C(=O)O)CC1. The van der Waals surface area contributed by atoms with Gasteiger partial charge < -0.3 is 15.7 Å². The first-order valence-corrected chi connectivity index (χ1v) is 8.58. The van der Waals surface area contributed by atoms with E-state index in [4.69, 9.17) is 5.11 Å². The molecule has 0 unspecified atom stereocenters. The predicted molar refractivity (Wildman–Crippen MR) is 87.1 cm³/mol. The van der Waals surface area contributed by atoms with Crippen molar-refractivity contribution in [3.8, 4) is 0 Å². The number of nitrogens with one attached hydrogen (secondary N) is 2. The topological polar surface area (TPSA) is 78.4 Å². The first-order chi connectivity index (χ1) is 11.5. The highest BCUT2D eigenvalue weighted by Crippen LogP contribution is 2.40. The lowest BCUT2D eigenvalue weighted by atomic mass is 9.86. The van der Waals surface area contributed by atoms with Crippen LogP contribution in [0.2, 0.25) is 0 Å². The largest absolute Gasteiger partial charge is 0.481 e. The lowest BCUT2D eigenvalue weighted by Crippen LogP contribution is -2.44. The molecular formula is C18H23FN2O3. The van der Waals surface area contributed by atoms with Crippen LogP contribution in [0.1, 0.15) is 55.6 Å². The lowest BCUT2D eigenvalue weighted by molar-refractivity contribution is -0.142. The molecule has 2 amide bonds. The highest BCUT2D eigenvalue weighted by Gasteiger charge is 2.27. The predicted octanol–water partition coefficient (Wildman–Crippen LogP) is 3.15. The van der Waals surface area contributed by atoms with Gasteiger partial charge in [0.05, 0.1) is 5.92 Å². The molecule has 2 fully saturated rings. The molecule has 3 N–H and O–H groups in total. The number of rotatable bonds is 5. The molecule has 0 aromatic heterocycles. The minimum atomic E-state index is -0.761. The minimum Gasteiger partial charge on any atom is -0.481 e. The number of hydrogen-bond donors (Lipinski definition) is 3. The monoisotopic (exact) mass is 334 g/mol. The van der Waals surface area contributed by atoms with Gasteiger partial charge in [-0.15, -0.1) is 0 Å². The Kier molecular flexibility index (Phi) is 5.02. The molecule has 0 aliphatic heterocycles. The van der Waals surface area contributed by atoms with E-state index in [0.717, 1.165) is 18.4 Å². The molecule has 5 nitrogen and oxygen atoms in total. The van der Waals surface area contributed by atoms with Crippen LogP contribution in [0.4, 0.5) is 9.18 Å². The van der Waals surface area contributed by atoms with Crippen LogP contribution in [0.15, 0.2) is 18.2 Å². The number of carbonyl (C=O) groups excluding carboxylic acids is 1. The Morgan fingerprint density at radius 1 is 1.12 bits per heavy atom. The molecule has 1 aromatic carbocycles. The van der Waals surface area contributed by atoms with Gasteiger partial charge in [-0.1, -0.05) is 12.1 Å². The maximum absolute atomic E-state index is 14.0. The van der Waals surface area contributed by atoms with E-state index in [1.54, 1.807) is 12.1 Å². The van der Waals surface area contributed by atoms with Gasteiger partial charge in [0.1, 0.15) is 5.82 Å². The van der Waals surface area contributed by atoms with E-state index in [9.17, 15) is 14.0 Å². The first kappa shape index (κ1) is 16.7. The van der Waals surface area contributed by atoms with Crippen molar-refractivity contribution in [1.82, 2.24) is 10.6 Å². The summed E-state index contributed by atoms with van der Waals surface area (Å²) in [5.41, 5.74) is 1.51. The Hall–Kier alpha value is -2.11. The summed E-state index contributed by atoms with van der Waals surface area (Å²) in [6.07, 6.45) is 4.74. The van der Waals surface area contributed by atoms with Gasteiger partial charge in [0.25, 0.3) is 0 Å². The summed E-state index contributed by atoms with van der Waals surface area (Å²) in [5.74, 6) is -0.833. The van der Waals surface area contributed by atoms with Crippen LogP contribution in [0.25, 0.3) is 0 Å². The third kappa shape index (κ3) is 4.24. The van der Waals surface area contributed by atoms with E-state index >= 15 is 0 Å². The maximum atomic E-state index is 14.0. The number of amides is 2. The number of carbonyl (C=O) groups is 2. The number of halogens is 1. The fourth-order valence-corrected chi connectivity index (χ4v) is 3.27. The molecule has 0 spiro atoms. The average molecular weight is 334 g/mol. The van der Waals surface area contributed by atoms with E-state index in [2.05, 4.69) is 10.6 Å². The molecule has 0 atom stereocenters. The van der Waals surface area contributed by atoms with Gasteiger partial charge in [0.2, 0.25) is 0 Å².